The molecule has 0 amide bonds. The average molecular weight is 274 g/mol. The van der Waals surface area contributed by atoms with Crippen LogP contribution in [0.15, 0.2) is 42.5 Å². The van der Waals surface area contributed by atoms with Gasteiger partial charge in [-0.2, -0.15) is 0 Å². The fourth-order valence-corrected chi connectivity index (χ4v) is 4.06. The van der Waals surface area contributed by atoms with E-state index in [-0.39, 0.29) is 0 Å². The number of fused-ring (bicyclic) bond motifs is 3. The van der Waals surface area contributed by atoms with Gasteiger partial charge in [0.25, 0.3) is 0 Å². The zero-order valence-corrected chi connectivity index (χ0v) is 12.9. The second-order valence-electron chi connectivity index (χ2n) is 6.66. The molecule has 0 saturated carbocycles. The fourth-order valence-electron chi connectivity index (χ4n) is 4.06. The van der Waals surface area contributed by atoms with Crippen LogP contribution in [0, 0.1) is 12.8 Å². The van der Waals surface area contributed by atoms with E-state index in [1.165, 1.54) is 47.1 Å². The fraction of sp³-hybridized carbons (Fsp3) is 0.333. The largest absolute Gasteiger partial charge is 0.0779 e. The molecule has 2 aliphatic carbocycles. The third-order valence-corrected chi connectivity index (χ3v) is 5.21. The van der Waals surface area contributed by atoms with Crippen molar-refractivity contribution in [2.45, 2.75) is 39.5 Å². The molecule has 0 heteroatoms. The highest BCUT2D eigenvalue weighted by molar-refractivity contribution is 5.82. The first-order valence-electron chi connectivity index (χ1n) is 8.16. The van der Waals surface area contributed by atoms with Crippen LogP contribution in [-0.4, -0.2) is 0 Å². The molecule has 106 valence electrons. The Morgan fingerprint density at radius 1 is 0.952 bits per heavy atom. The molecule has 2 aromatic rings. The standard InChI is InChI=1S/C21H22/c1-14-6-5-8-16(12-14)18-10-11-20-19-9-4-3-7-17(19)13-21(20)15(18)2/h3-4,7,9-12,14H,5-6,8,13H2,1-2H3. The molecule has 0 heterocycles. The molecule has 0 spiro atoms. The van der Waals surface area contributed by atoms with Gasteiger partial charge < -0.3 is 0 Å². The van der Waals surface area contributed by atoms with Gasteiger partial charge in [-0.15, -0.1) is 0 Å². The maximum atomic E-state index is 2.50. The molecule has 0 bridgehead atoms. The van der Waals surface area contributed by atoms with Crippen molar-refractivity contribution in [2.24, 2.45) is 5.92 Å². The van der Waals surface area contributed by atoms with E-state index in [0.29, 0.717) is 0 Å². The molecule has 0 aliphatic heterocycles. The second-order valence-corrected chi connectivity index (χ2v) is 6.66. The van der Waals surface area contributed by atoms with E-state index in [1.54, 1.807) is 11.1 Å². The molecular formula is C21H22. The van der Waals surface area contributed by atoms with Crippen LogP contribution in [0.3, 0.4) is 0 Å². The first-order chi connectivity index (χ1) is 10.2. The number of allylic oxidation sites excluding steroid dienone is 2. The van der Waals surface area contributed by atoms with E-state index >= 15 is 0 Å². The highest BCUT2D eigenvalue weighted by Gasteiger charge is 2.22. The molecular weight excluding hydrogens is 252 g/mol. The SMILES string of the molecule is Cc1c(C2=CC(C)CCC2)ccc2c1Cc1ccccc1-2. The minimum absolute atomic E-state index is 0.735. The first-order valence-corrected chi connectivity index (χ1v) is 8.16. The summed E-state index contributed by atoms with van der Waals surface area (Å²) >= 11 is 0. The molecule has 0 fully saturated rings. The van der Waals surface area contributed by atoms with Crippen LogP contribution in [0.25, 0.3) is 16.7 Å². The van der Waals surface area contributed by atoms with Crippen LogP contribution in [0.4, 0.5) is 0 Å². The third-order valence-electron chi connectivity index (χ3n) is 5.21. The summed E-state index contributed by atoms with van der Waals surface area (Å²) in [4.78, 5) is 0. The molecule has 21 heavy (non-hydrogen) atoms. The smallest absolute Gasteiger partial charge is 0.00106 e. The van der Waals surface area contributed by atoms with Crippen LogP contribution in [0.5, 0.6) is 0 Å². The average Bonchev–Trinajstić information content (AvgIpc) is 2.87. The number of hydrogen-bond acceptors (Lipinski definition) is 0. The molecule has 2 aromatic carbocycles. The van der Waals surface area contributed by atoms with Crippen molar-refractivity contribution in [1.82, 2.24) is 0 Å². The lowest BCUT2D eigenvalue weighted by Crippen LogP contribution is -2.02. The highest BCUT2D eigenvalue weighted by atomic mass is 14.3. The molecule has 1 unspecified atom stereocenters. The van der Waals surface area contributed by atoms with Crippen molar-refractivity contribution < 1.29 is 0 Å². The summed E-state index contributed by atoms with van der Waals surface area (Å²) in [5, 5.41) is 0. The Kier molecular flexibility index (Phi) is 2.99. The van der Waals surface area contributed by atoms with Crippen molar-refractivity contribution in [3.05, 3.63) is 64.7 Å². The molecule has 4 rings (SSSR count). The Morgan fingerprint density at radius 3 is 2.62 bits per heavy atom. The Balaban J connectivity index is 1.83. The van der Waals surface area contributed by atoms with E-state index in [4.69, 9.17) is 0 Å². The van der Waals surface area contributed by atoms with Gasteiger partial charge in [-0.25, -0.2) is 0 Å². The number of rotatable bonds is 1. The topological polar surface area (TPSA) is 0 Å². The quantitative estimate of drug-likeness (QED) is 0.528. The van der Waals surface area contributed by atoms with Crippen molar-refractivity contribution in [3.63, 3.8) is 0 Å². The van der Waals surface area contributed by atoms with Gasteiger partial charge in [0.1, 0.15) is 0 Å². The lowest BCUT2D eigenvalue weighted by molar-refractivity contribution is 0.592. The molecule has 2 aliphatic rings. The summed E-state index contributed by atoms with van der Waals surface area (Å²) in [6.45, 7) is 4.66. The zero-order chi connectivity index (χ0) is 14.4. The minimum atomic E-state index is 0.735. The van der Waals surface area contributed by atoms with Gasteiger partial charge in [0.05, 0.1) is 0 Å². The summed E-state index contributed by atoms with van der Waals surface area (Å²) in [6.07, 6.45) is 7.54. The Labute approximate surface area is 127 Å². The summed E-state index contributed by atoms with van der Waals surface area (Å²) < 4.78 is 0. The van der Waals surface area contributed by atoms with E-state index in [0.717, 1.165) is 12.3 Å². The van der Waals surface area contributed by atoms with Gasteiger partial charge in [0, 0.05) is 0 Å². The van der Waals surface area contributed by atoms with E-state index < -0.39 is 0 Å². The van der Waals surface area contributed by atoms with Gasteiger partial charge in [0.2, 0.25) is 0 Å². The van der Waals surface area contributed by atoms with Crippen LogP contribution in [0.1, 0.15) is 48.4 Å². The van der Waals surface area contributed by atoms with Crippen molar-refractivity contribution >= 4 is 5.57 Å². The Morgan fingerprint density at radius 2 is 1.76 bits per heavy atom. The summed E-state index contributed by atoms with van der Waals surface area (Å²) in [5.41, 5.74) is 10.5. The summed E-state index contributed by atoms with van der Waals surface area (Å²) in [7, 11) is 0. The molecule has 0 aromatic heterocycles. The Bertz CT molecular complexity index is 734. The second kappa shape index (κ2) is 4.87. The number of hydrogen-bond donors (Lipinski definition) is 0. The van der Waals surface area contributed by atoms with Crippen molar-refractivity contribution in [3.8, 4) is 11.1 Å². The maximum Gasteiger partial charge on any atom is -0.00106 e. The molecule has 0 saturated heterocycles. The van der Waals surface area contributed by atoms with E-state index in [2.05, 4.69) is 56.3 Å². The first kappa shape index (κ1) is 12.9. The summed E-state index contributed by atoms with van der Waals surface area (Å²) in [5.74, 6) is 0.735. The van der Waals surface area contributed by atoms with Crippen molar-refractivity contribution in [1.29, 1.82) is 0 Å². The van der Waals surface area contributed by atoms with Gasteiger partial charge in [-0.05, 0) is 77.5 Å². The van der Waals surface area contributed by atoms with Crippen LogP contribution in [-0.2, 0) is 6.42 Å². The molecule has 0 N–H and O–H groups in total. The van der Waals surface area contributed by atoms with Gasteiger partial charge in [-0.3, -0.25) is 0 Å². The Hall–Kier alpha value is -1.82. The van der Waals surface area contributed by atoms with Crippen molar-refractivity contribution in [2.75, 3.05) is 0 Å². The number of benzene rings is 2. The van der Waals surface area contributed by atoms with Crippen LogP contribution < -0.4 is 0 Å². The monoisotopic (exact) mass is 274 g/mol. The lowest BCUT2D eigenvalue weighted by atomic mass is 9.84. The minimum Gasteiger partial charge on any atom is -0.0779 e. The van der Waals surface area contributed by atoms with Gasteiger partial charge in [-0.1, -0.05) is 49.4 Å². The predicted octanol–water partition coefficient (Wildman–Crippen LogP) is 5.77. The molecule has 0 radical (unpaired) electrons. The van der Waals surface area contributed by atoms with E-state index in [1.807, 2.05) is 0 Å². The normalized spacial score (nSPS) is 19.9. The molecule has 0 nitrogen and oxygen atoms in total. The van der Waals surface area contributed by atoms with Gasteiger partial charge >= 0.3 is 0 Å². The van der Waals surface area contributed by atoms with Crippen LogP contribution in [0.2, 0.25) is 0 Å². The third kappa shape index (κ3) is 2.05. The summed E-state index contributed by atoms with van der Waals surface area (Å²) in [6, 6.07) is 13.6. The maximum absolute atomic E-state index is 2.50. The lowest BCUT2D eigenvalue weighted by Gasteiger charge is -2.21. The van der Waals surface area contributed by atoms with Gasteiger partial charge in [0.15, 0.2) is 0 Å². The van der Waals surface area contributed by atoms with Crippen LogP contribution >= 0.6 is 0 Å². The van der Waals surface area contributed by atoms with E-state index in [9.17, 15) is 0 Å². The highest BCUT2D eigenvalue weighted by Crippen LogP contribution is 2.41. The zero-order valence-electron chi connectivity index (χ0n) is 12.9. The predicted molar refractivity (Wildman–Crippen MR) is 90.4 cm³/mol. The molecule has 1 atom stereocenters.